The Morgan fingerprint density at radius 1 is 1.38 bits per heavy atom. The van der Waals surface area contributed by atoms with Gasteiger partial charge in [-0.3, -0.25) is 0 Å². The minimum absolute atomic E-state index is 0.810. The molecular weight excluding hydrogens is 258 g/mol. The van der Waals surface area contributed by atoms with Crippen molar-refractivity contribution in [1.82, 2.24) is 10.2 Å². The summed E-state index contributed by atoms with van der Waals surface area (Å²) in [5.41, 5.74) is 4.15. The fourth-order valence-corrected chi connectivity index (χ4v) is 3.33. The van der Waals surface area contributed by atoms with Gasteiger partial charge in [0.05, 0.1) is 0 Å². The van der Waals surface area contributed by atoms with Gasteiger partial charge in [0.2, 0.25) is 0 Å². The van der Waals surface area contributed by atoms with Gasteiger partial charge < -0.3 is 15.1 Å². The first-order valence-corrected chi connectivity index (χ1v) is 8.30. The van der Waals surface area contributed by atoms with Gasteiger partial charge >= 0.3 is 0 Å². The van der Waals surface area contributed by atoms with Crippen LogP contribution in [0.1, 0.15) is 30.9 Å². The molecule has 1 aromatic carbocycles. The Hall–Kier alpha value is -1.06. The van der Waals surface area contributed by atoms with Crippen LogP contribution in [0.15, 0.2) is 18.2 Å². The first kappa shape index (κ1) is 16.3. The first-order chi connectivity index (χ1) is 10.1. The summed E-state index contributed by atoms with van der Waals surface area (Å²) in [6.07, 6.45) is 2.52. The molecule has 3 heteroatoms. The third-order valence-corrected chi connectivity index (χ3v) is 4.45. The Labute approximate surface area is 130 Å². The van der Waals surface area contributed by atoms with Crippen molar-refractivity contribution < 1.29 is 0 Å². The van der Waals surface area contributed by atoms with Crippen LogP contribution >= 0.6 is 0 Å². The lowest BCUT2D eigenvalue weighted by Crippen LogP contribution is -2.27. The SMILES string of the molecule is CCCNCc1ccc(N(C)CC2CCN(C)C2)c(C)c1. The van der Waals surface area contributed by atoms with Crippen LogP contribution in [0.4, 0.5) is 5.69 Å². The van der Waals surface area contributed by atoms with Crippen LogP contribution in [0.25, 0.3) is 0 Å². The highest BCUT2D eigenvalue weighted by molar-refractivity contribution is 5.54. The van der Waals surface area contributed by atoms with Gasteiger partial charge in [-0.05, 0) is 63.0 Å². The molecule has 0 saturated carbocycles. The molecule has 1 N–H and O–H groups in total. The second-order valence-corrected chi connectivity index (χ2v) is 6.60. The van der Waals surface area contributed by atoms with Gasteiger partial charge in [-0.25, -0.2) is 0 Å². The van der Waals surface area contributed by atoms with Crippen LogP contribution in [0, 0.1) is 12.8 Å². The summed E-state index contributed by atoms with van der Waals surface area (Å²) in [5, 5.41) is 3.47. The van der Waals surface area contributed by atoms with Crippen molar-refractivity contribution in [2.45, 2.75) is 33.2 Å². The Kier molecular flexibility index (Phi) is 6.07. The third kappa shape index (κ3) is 4.72. The quantitative estimate of drug-likeness (QED) is 0.779. The monoisotopic (exact) mass is 289 g/mol. The number of benzene rings is 1. The number of likely N-dealkylation sites (tertiary alicyclic amines) is 1. The van der Waals surface area contributed by atoms with Crippen LogP contribution in [0.2, 0.25) is 0 Å². The van der Waals surface area contributed by atoms with Crippen molar-refractivity contribution in [1.29, 1.82) is 0 Å². The molecule has 1 aromatic rings. The van der Waals surface area contributed by atoms with E-state index in [1.807, 2.05) is 0 Å². The second-order valence-electron chi connectivity index (χ2n) is 6.60. The Morgan fingerprint density at radius 3 is 2.81 bits per heavy atom. The van der Waals surface area contributed by atoms with Crippen molar-refractivity contribution in [3.8, 4) is 0 Å². The molecular formula is C18H31N3. The number of hydrogen-bond acceptors (Lipinski definition) is 3. The molecule has 118 valence electrons. The van der Waals surface area contributed by atoms with Gasteiger partial charge in [0.15, 0.2) is 0 Å². The van der Waals surface area contributed by atoms with Gasteiger partial charge in [0, 0.05) is 32.4 Å². The minimum atomic E-state index is 0.810. The smallest absolute Gasteiger partial charge is 0.0393 e. The molecule has 0 aromatic heterocycles. The fourth-order valence-electron chi connectivity index (χ4n) is 3.33. The zero-order chi connectivity index (χ0) is 15.2. The molecule has 0 aliphatic carbocycles. The highest BCUT2D eigenvalue weighted by Gasteiger charge is 2.21. The number of anilines is 1. The molecule has 0 bridgehead atoms. The number of hydrogen-bond donors (Lipinski definition) is 1. The fraction of sp³-hybridized carbons (Fsp3) is 0.667. The van der Waals surface area contributed by atoms with E-state index < -0.39 is 0 Å². The predicted octanol–water partition coefficient (Wildman–Crippen LogP) is 2.88. The number of nitrogens with one attached hydrogen (secondary N) is 1. The van der Waals surface area contributed by atoms with Crippen LogP contribution in [0.5, 0.6) is 0 Å². The summed E-state index contributed by atoms with van der Waals surface area (Å²) >= 11 is 0. The highest BCUT2D eigenvalue weighted by Crippen LogP contribution is 2.23. The highest BCUT2D eigenvalue weighted by atomic mass is 15.2. The van der Waals surface area contributed by atoms with Crippen molar-refractivity contribution in [2.75, 3.05) is 45.2 Å². The summed E-state index contributed by atoms with van der Waals surface area (Å²) in [6.45, 7) is 10.2. The molecule has 1 unspecified atom stereocenters. The lowest BCUT2D eigenvalue weighted by molar-refractivity contribution is 0.396. The topological polar surface area (TPSA) is 18.5 Å². The predicted molar refractivity (Wildman–Crippen MR) is 92.1 cm³/mol. The van der Waals surface area contributed by atoms with Crippen LogP contribution in [-0.4, -0.2) is 45.2 Å². The summed E-state index contributed by atoms with van der Waals surface area (Å²) in [6, 6.07) is 6.88. The van der Waals surface area contributed by atoms with E-state index in [1.165, 1.54) is 49.3 Å². The van der Waals surface area contributed by atoms with E-state index in [9.17, 15) is 0 Å². The van der Waals surface area contributed by atoms with Gasteiger partial charge in [-0.15, -0.1) is 0 Å². The van der Waals surface area contributed by atoms with E-state index in [2.05, 4.69) is 61.3 Å². The molecule has 1 fully saturated rings. The Bertz CT molecular complexity index is 444. The van der Waals surface area contributed by atoms with Crippen LogP contribution < -0.4 is 10.2 Å². The molecule has 1 saturated heterocycles. The largest absolute Gasteiger partial charge is 0.374 e. The normalized spacial score (nSPS) is 19.1. The second kappa shape index (κ2) is 7.81. The van der Waals surface area contributed by atoms with Crippen molar-refractivity contribution in [3.05, 3.63) is 29.3 Å². The van der Waals surface area contributed by atoms with E-state index in [0.717, 1.165) is 19.0 Å². The van der Waals surface area contributed by atoms with Crippen LogP contribution in [-0.2, 0) is 6.54 Å². The van der Waals surface area contributed by atoms with E-state index in [0.29, 0.717) is 0 Å². The average molecular weight is 289 g/mol. The maximum absolute atomic E-state index is 3.47. The number of aryl methyl sites for hydroxylation is 1. The Morgan fingerprint density at radius 2 is 2.19 bits per heavy atom. The van der Waals surface area contributed by atoms with Crippen LogP contribution in [0.3, 0.4) is 0 Å². The van der Waals surface area contributed by atoms with Gasteiger partial charge in [0.1, 0.15) is 0 Å². The maximum atomic E-state index is 3.47. The molecule has 0 amide bonds. The van der Waals surface area contributed by atoms with Crippen molar-refractivity contribution >= 4 is 5.69 Å². The van der Waals surface area contributed by atoms with E-state index >= 15 is 0 Å². The first-order valence-electron chi connectivity index (χ1n) is 8.30. The van der Waals surface area contributed by atoms with E-state index in [1.54, 1.807) is 0 Å². The van der Waals surface area contributed by atoms with Gasteiger partial charge in [-0.1, -0.05) is 19.1 Å². The van der Waals surface area contributed by atoms with Crippen molar-refractivity contribution in [2.24, 2.45) is 5.92 Å². The minimum Gasteiger partial charge on any atom is -0.374 e. The molecule has 1 heterocycles. The summed E-state index contributed by atoms with van der Waals surface area (Å²) in [5.74, 6) is 0.810. The third-order valence-electron chi connectivity index (χ3n) is 4.45. The number of rotatable bonds is 7. The molecule has 1 atom stereocenters. The summed E-state index contributed by atoms with van der Waals surface area (Å²) in [4.78, 5) is 4.87. The average Bonchev–Trinajstić information content (AvgIpc) is 2.84. The molecule has 3 nitrogen and oxygen atoms in total. The molecule has 2 rings (SSSR count). The Balaban J connectivity index is 1.92. The van der Waals surface area contributed by atoms with Gasteiger partial charge in [-0.2, -0.15) is 0 Å². The number of nitrogens with zero attached hydrogens (tertiary/aromatic N) is 2. The van der Waals surface area contributed by atoms with Gasteiger partial charge in [0.25, 0.3) is 0 Å². The lowest BCUT2D eigenvalue weighted by Gasteiger charge is -2.25. The van der Waals surface area contributed by atoms with E-state index in [-0.39, 0.29) is 0 Å². The molecule has 0 radical (unpaired) electrons. The maximum Gasteiger partial charge on any atom is 0.0393 e. The lowest BCUT2D eigenvalue weighted by atomic mass is 10.1. The zero-order valence-corrected chi connectivity index (χ0v) is 14.2. The molecule has 1 aliphatic heterocycles. The summed E-state index contributed by atoms with van der Waals surface area (Å²) in [7, 11) is 4.46. The molecule has 0 spiro atoms. The zero-order valence-electron chi connectivity index (χ0n) is 14.2. The van der Waals surface area contributed by atoms with E-state index in [4.69, 9.17) is 0 Å². The summed E-state index contributed by atoms with van der Waals surface area (Å²) < 4.78 is 0. The molecule has 1 aliphatic rings. The standard InChI is InChI=1S/C18H31N3/c1-5-9-19-12-16-6-7-18(15(2)11-16)21(4)14-17-8-10-20(3)13-17/h6-7,11,17,19H,5,8-10,12-14H2,1-4H3. The molecule has 21 heavy (non-hydrogen) atoms. The van der Waals surface area contributed by atoms with Crippen molar-refractivity contribution in [3.63, 3.8) is 0 Å².